The van der Waals surface area contributed by atoms with Gasteiger partial charge >= 0.3 is 0 Å². The third-order valence-electron chi connectivity index (χ3n) is 4.00. The van der Waals surface area contributed by atoms with Crippen molar-refractivity contribution >= 4 is 10.0 Å². The van der Waals surface area contributed by atoms with E-state index in [9.17, 15) is 8.42 Å². The zero-order chi connectivity index (χ0) is 16.3. The van der Waals surface area contributed by atoms with E-state index in [1.165, 1.54) is 4.31 Å². The minimum absolute atomic E-state index is 0.289. The number of nitrogens with one attached hydrogen (secondary N) is 1. The van der Waals surface area contributed by atoms with Crippen LogP contribution in [0.3, 0.4) is 0 Å². The van der Waals surface area contributed by atoms with E-state index in [2.05, 4.69) is 5.32 Å². The van der Waals surface area contributed by atoms with Gasteiger partial charge in [0.2, 0.25) is 10.0 Å². The van der Waals surface area contributed by atoms with Gasteiger partial charge in [0.05, 0.1) is 12.0 Å². The van der Waals surface area contributed by atoms with Crippen molar-refractivity contribution in [1.82, 2.24) is 9.62 Å². The number of nitrogens with zero attached hydrogens (tertiary/aromatic N) is 1. The smallest absolute Gasteiger partial charge is 0.243 e. The van der Waals surface area contributed by atoms with E-state index in [-0.39, 0.29) is 4.90 Å². The molecule has 21 heavy (non-hydrogen) atoms. The second-order valence-electron chi connectivity index (χ2n) is 5.64. The van der Waals surface area contributed by atoms with Gasteiger partial charge in [-0.25, -0.2) is 8.42 Å². The molecule has 0 saturated heterocycles. The first-order valence-electron chi connectivity index (χ1n) is 7.01. The molecule has 0 aliphatic carbocycles. The Bertz CT molecular complexity index is 583. The summed E-state index contributed by atoms with van der Waals surface area (Å²) < 4.78 is 32.2. The lowest BCUT2D eigenvalue weighted by Gasteiger charge is -2.33. The quantitative estimate of drug-likeness (QED) is 0.838. The number of hydrogen-bond acceptors (Lipinski definition) is 4. The van der Waals surface area contributed by atoms with Crippen molar-refractivity contribution in [2.24, 2.45) is 0 Å². The standard InChI is InChI=1S/C15H26N2O3S/c1-7-15(2,3)17(5)21(18,19)13-8-9-14(20-6)12(10-13)11-16-4/h8-10,16H,7,11H2,1-6H3. The highest BCUT2D eigenvalue weighted by atomic mass is 32.2. The van der Waals surface area contributed by atoms with E-state index in [1.54, 1.807) is 32.4 Å². The van der Waals surface area contributed by atoms with Crippen LogP contribution in [0.25, 0.3) is 0 Å². The van der Waals surface area contributed by atoms with Crippen molar-refractivity contribution in [3.8, 4) is 5.75 Å². The van der Waals surface area contributed by atoms with Gasteiger partial charge in [-0.1, -0.05) is 6.92 Å². The van der Waals surface area contributed by atoms with Crippen molar-refractivity contribution in [2.45, 2.75) is 44.2 Å². The molecule has 0 aliphatic rings. The molecule has 0 saturated carbocycles. The zero-order valence-electron chi connectivity index (χ0n) is 13.7. The molecule has 5 nitrogen and oxygen atoms in total. The molecule has 0 radical (unpaired) electrons. The van der Waals surface area contributed by atoms with E-state index in [4.69, 9.17) is 4.74 Å². The molecule has 120 valence electrons. The third-order valence-corrected chi connectivity index (χ3v) is 6.06. The third kappa shape index (κ3) is 3.75. The molecule has 0 aromatic heterocycles. The Labute approximate surface area is 128 Å². The van der Waals surface area contributed by atoms with Crippen LogP contribution in [-0.4, -0.2) is 39.5 Å². The first-order valence-corrected chi connectivity index (χ1v) is 8.45. The van der Waals surface area contributed by atoms with Crippen LogP contribution in [-0.2, 0) is 16.6 Å². The summed E-state index contributed by atoms with van der Waals surface area (Å²) in [5.41, 5.74) is 0.394. The summed E-state index contributed by atoms with van der Waals surface area (Å²) in [5.74, 6) is 0.681. The summed E-state index contributed by atoms with van der Waals surface area (Å²) in [4.78, 5) is 0.289. The lowest BCUT2D eigenvalue weighted by atomic mass is 10.0. The van der Waals surface area contributed by atoms with Gasteiger partial charge in [0.1, 0.15) is 5.75 Å². The minimum Gasteiger partial charge on any atom is -0.496 e. The normalized spacial score (nSPS) is 12.7. The first kappa shape index (κ1) is 17.9. The predicted molar refractivity (Wildman–Crippen MR) is 85.1 cm³/mol. The zero-order valence-corrected chi connectivity index (χ0v) is 14.5. The van der Waals surface area contributed by atoms with Gasteiger partial charge < -0.3 is 10.1 Å². The first-order chi connectivity index (χ1) is 9.70. The topological polar surface area (TPSA) is 58.6 Å². The average molecular weight is 314 g/mol. The van der Waals surface area contributed by atoms with Crippen LogP contribution < -0.4 is 10.1 Å². The van der Waals surface area contributed by atoms with Crippen LogP contribution in [0.2, 0.25) is 0 Å². The number of ether oxygens (including phenoxy) is 1. The lowest BCUT2D eigenvalue weighted by molar-refractivity contribution is 0.257. The van der Waals surface area contributed by atoms with Crippen molar-refractivity contribution in [2.75, 3.05) is 21.2 Å². The van der Waals surface area contributed by atoms with Crippen molar-refractivity contribution in [3.63, 3.8) is 0 Å². The lowest BCUT2D eigenvalue weighted by Crippen LogP contribution is -2.44. The molecule has 0 heterocycles. The minimum atomic E-state index is -3.52. The molecule has 0 spiro atoms. The SMILES string of the molecule is CCC(C)(C)N(C)S(=O)(=O)c1ccc(OC)c(CNC)c1. The molecule has 0 fully saturated rings. The van der Waals surface area contributed by atoms with Crippen molar-refractivity contribution < 1.29 is 13.2 Å². The number of hydrogen-bond donors (Lipinski definition) is 1. The maximum Gasteiger partial charge on any atom is 0.243 e. The number of rotatable bonds is 7. The molecule has 0 unspecified atom stereocenters. The Morgan fingerprint density at radius 3 is 2.43 bits per heavy atom. The highest BCUT2D eigenvalue weighted by Gasteiger charge is 2.32. The Morgan fingerprint density at radius 2 is 1.95 bits per heavy atom. The largest absolute Gasteiger partial charge is 0.496 e. The molecular formula is C15H26N2O3S. The Kier molecular flexibility index (Phi) is 5.78. The van der Waals surface area contributed by atoms with Gasteiger partial charge in [0.25, 0.3) is 0 Å². The number of sulfonamides is 1. The van der Waals surface area contributed by atoms with Gasteiger partial charge in [0, 0.05) is 24.7 Å². The summed E-state index contributed by atoms with van der Waals surface area (Å²) in [6.07, 6.45) is 0.738. The summed E-state index contributed by atoms with van der Waals surface area (Å²) >= 11 is 0. The summed E-state index contributed by atoms with van der Waals surface area (Å²) in [6.45, 7) is 6.37. The molecule has 0 aliphatic heterocycles. The molecule has 0 atom stereocenters. The fraction of sp³-hybridized carbons (Fsp3) is 0.600. The van der Waals surface area contributed by atoms with Gasteiger partial charge in [-0.2, -0.15) is 4.31 Å². The number of benzene rings is 1. The van der Waals surface area contributed by atoms with Crippen LogP contribution in [0.1, 0.15) is 32.8 Å². The highest BCUT2D eigenvalue weighted by molar-refractivity contribution is 7.89. The monoisotopic (exact) mass is 314 g/mol. The molecule has 1 rings (SSSR count). The fourth-order valence-electron chi connectivity index (χ4n) is 1.95. The molecule has 1 aromatic rings. The highest BCUT2D eigenvalue weighted by Crippen LogP contribution is 2.28. The van der Waals surface area contributed by atoms with Crippen LogP contribution in [0, 0.1) is 0 Å². The van der Waals surface area contributed by atoms with E-state index in [0.717, 1.165) is 12.0 Å². The molecule has 1 N–H and O–H groups in total. The van der Waals surface area contributed by atoms with E-state index in [0.29, 0.717) is 12.3 Å². The maximum absolute atomic E-state index is 12.8. The van der Waals surface area contributed by atoms with E-state index in [1.807, 2.05) is 27.8 Å². The fourth-order valence-corrected chi connectivity index (χ4v) is 3.58. The predicted octanol–water partition coefficient (Wildman–Crippen LogP) is 2.22. The van der Waals surface area contributed by atoms with E-state index < -0.39 is 15.6 Å². The molecule has 6 heteroatoms. The summed E-state index contributed by atoms with van der Waals surface area (Å²) in [7, 11) is 1.49. The maximum atomic E-state index is 12.8. The van der Waals surface area contributed by atoms with Gasteiger partial charge in [0.15, 0.2) is 0 Å². The van der Waals surface area contributed by atoms with Crippen LogP contribution in [0.4, 0.5) is 0 Å². The molecular weight excluding hydrogens is 288 g/mol. The van der Waals surface area contributed by atoms with Gasteiger partial charge in [-0.05, 0) is 45.5 Å². The van der Waals surface area contributed by atoms with Crippen LogP contribution in [0.5, 0.6) is 5.75 Å². The van der Waals surface area contributed by atoms with Crippen LogP contribution >= 0.6 is 0 Å². The Morgan fingerprint density at radius 1 is 1.33 bits per heavy atom. The van der Waals surface area contributed by atoms with Crippen molar-refractivity contribution in [3.05, 3.63) is 23.8 Å². The second kappa shape index (κ2) is 6.77. The molecule has 0 bridgehead atoms. The van der Waals surface area contributed by atoms with Gasteiger partial charge in [-0.3, -0.25) is 0 Å². The average Bonchev–Trinajstić information content (AvgIpc) is 2.46. The van der Waals surface area contributed by atoms with E-state index >= 15 is 0 Å². The molecule has 0 amide bonds. The van der Waals surface area contributed by atoms with Crippen molar-refractivity contribution in [1.29, 1.82) is 0 Å². The number of methoxy groups -OCH3 is 1. The van der Waals surface area contributed by atoms with Gasteiger partial charge in [-0.15, -0.1) is 0 Å². The Balaban J connectivity index is 3.29. The van der Waals surface area contributed by atoms with Crippen LogP contribution in [0.15, 0.2) is 23.1 Å². The molecule has 1 aromatic carbocycles. The Hall–Kier alpha value is -1.11. The summed E-state index contributed by atoms with van der Waals surface area (Å²) in [5, 5.41) is 3.02. The summed E-state index contributed by atoms with van der Waals surface area (Å²) in [6, 6.07) is 4.97. The second-order valence-corrected chi connectivity index (χ2v) is 7.61.